The Labute approximate surface area is 121 Å². The van der Waals surface area contributed by atoms with E-state index >= 15 is 0 Å². The topological polar surface area (TPSA) is 83.3 Å². The lowest BCUT2D eigenvalue weighted by Gasteiger charge is -2.07. The highest BCUT2D eigenvalue weighted by Crippen LogP contribution is 2.19. The van der Waals surface area contributed by atoms with Gasteiger partial charge in [-0.2, -0.15) is 0 Å². The Kier molecular flexibility index (Phi) is 4.52. The third-order valence-electron chi connectivity index (χ3n) is 2.89. The largest absolute Gasteiger partial charge is 0.461 e. The van der Waals surface area contributed by atoms with Crippen molar-refractivity contribution in [2.45, 2.75) is 27.3 Å². The fraction of sp³-hybridized carbons (Fsp3) is 0.429. The summed E-state index contributed by atoms with van der Waals surface area (Å²) in [5.41, 5.74) is 0.593. The summed E-state index contributed by atoms with van der Waals surface area (Å²) in [5.74, 6) is -1.38. The molecule has 2 rings (SSSR count). The Bertz CT molecular complexity index is 678. The molecular weight excluding hydrogens is 274 g/mol. The molecule has 0 aromatic carbocycles. The van der Waals surface area contributed by atoms with Gasteiger partial charge in [0.25, 0.3) is 0 Å². The highest BCUT2D eigenvalue weighted by atomic mass is 16.5. The quantitative estimate of drug-likeness (QED) is 0.781. The van der Waals surface area contributed by atoms with Crippen molar-refractivity contribution in [3.63, 3.8) is 0 Å². The first-order chi connectivity index (χ1) is 10.1. The molecule has 0 amide bonds. The van der Waals surface area contributed by atoms with Crippen LogP contribution in [0.25, 0.3) is 11.0 Å². The molecule has 7 nitrogen and oxygen atoms in total. The average molecular weight is 291 g/mol. The molecule has 2 aromatic rings. The summed E-state index contributed by atoms with van der Waals surface area (Å²) in [6.45, 7) is 6.44. The lowest BCUT2D eigenvalue weighted by atomic mass is 10.3. The van der Waals surface area contributed by atoms with Gasteiger partial charge in [-0.25, -0.2) is 19.6 Å². The van der Waals surface area contributed by atoms with Crippen LogP contribution in [0.1, 0.15) is 41.9 Å². The van der Waals surface area contributed by atoms with Crippen LogP contribution in [-0.2, 0) is 16.0 Å². The van der Waals surface area contributed by atoms with Crippen LogP contribution in [0.15, 0.2) is 12.3 Å². The molecule has 0 bridgehead atoms. The van der Waals surface area contributed by atoms with Crippen molar-refractivity contribution in [2.24, 2.45) is 0 Å². The van der Waals surface area contributed by atoms with E-state index in [0.29, 0.717) is 17.6 Å². The third-order valence-corrected chi connectivity index (χ3v) is 2.89. The van der Waals surface area contributed by atoms with E-state index in [9.17, 15) is 9.59 Å². The van der Waals surface area contributed by atoms with Gasteiger partial charge in [0.2, 0.25) is 5.82 Å². The van der Waals surface area contributed by atoms with Crippen LogP contribution in [0.4, 0.5) is 0 Å². The summed E-state index contributed by atoms with van der Waals surface area (Å²) in [4.78, 5) is 32.1. The molecule has 7 heteroatoms. The Hall–Kier alpha value is -2.44. The summed E-state index contributed by atoms with van der Waals surface area (Å²) in [5, 5.41) is 0.559. The van der Waals surface area contributed by atoms with Crippen LogP contribution < -0.4 is 0 Å². The molecule has 0 spiro atoms. The maximum Gasteiger partial charge on any atom is 0.376 e. The summed E-state index contributed by atoms with van der Waals surface area (Å²) in [7, 11) is 0. The molecule has 0 aliphatic rings. The number of fused-ring (bicyclic) bond motifs is 1. The summed E-state index contributed by atoms with van der Waals surface area (Å²) < 4.78 is 11.7. The normalized spacial score (nSPS) is 10.6. The number of hydrogen-bond donors (Lipinski definition) is 0. The molecule has 0 aliphatic heterocycles. The number of aryl methyl sites for hydroxylation is 1. The highest BCUT2D eigenvalue weighted by Gasteiger charge is 2.21. The van der Waals surface area contributed by atoms with Crippen molar-refractivity contribution in [1.82, 2.24) is 14.5 Å². The second-order valence-corrected chi connectivity index (χ2v) is 4.18. The van der Waals surface area contributed by atoms with Crippen LogP contribution in [-0.4, -0.2) is 39.7 Å². The molecule has 2 aromatic heterocycles. The summed E-state index contributed by atoms with van der Waals surface area (Å²) in [6, 6.07) is 1.74. The van der Waals surface area contributed by atoms with E-state index in [-0.39, 0.29) is 24.7 Å². The molecule has 21 heavy (non-hydrogen) atoms. The zero-order chi connectivity index (χ0) is 15.4. The predicted molar refractivity (Wildman–Crippen MR) is 75.1 cm³/mol. The highest BCUT2D eigenvalue weighted by molar-refractivity contribution is 6.02. The lowest BCUT2D eigenvalue weighted by molar-refractivity contribution is 0.0507. The number of carbonyl (C=O) groups is 2. The first-order valence-corrected chi connectivity index (χ1v) is 6.83. The molecule has 0 atom stereocenters. The van der Waals surface area contributed by atoms with Gasteiger partial charge in [0.15, 0.2) is 5.69 Å². The summed E-state index contributed by atoms with van der Waals surface area (Å²) >= 11 is 0. The Morgan fingerprint density at radius 2 is 1.76 bits per heavy atom. The monoisotopic (exact) mass is 291 g/mol. The zero-order valence-electron chi connectivity index (χ0n) is 12.3. The van der Waals surface area contributed by atoms with Gasteiger partial charge in [-0.1, -0.05) is 0 Å². The number of hydrogen-bond acceptors (Lipinski definition) is 6. The van der Waals surface area contributed by atoms with Gasteiger partial charge in [-0.15, -0.1) is 0 Å². The van der Waals surface area contributed by atoms with Gasteiger partial charge in [0.1, 0.15) is 5.65 Å². The van der Waals surface area contributed by atoms with Gasteiger partial charge < -0.3 is 14.0 Å². The van der Waals surface area contributed by atoms with Crippen LogP contribution >= 0.6 is 0 Å². The van der Waals surface area contributed by atoms with Gasteiger partial charge in [0.05, 0.1) is 18.6 Å². The van der Waals surface area contributed by atoms with E-state index in [1.807, 2.05) is 11.5 Å². The minimum Gasteiger partial charge on any atom is -0.461 e. The number of carbonyl (C=O) groups excluding carboxylic acids is 2. The Morgan fingerprint density at radius 3 is 2.38 bits per heavy atom. The third kappa shape index (κ3) is 2.86. The number of nitrogens with zero attached hydrogens (tertiary/aromatic N) is 3. The minimum atomic E-state index is -0.659. The van der Waals surface area contributed by atoms with Crippen molar-refractivity contribution in [3.05, 3.63) is 23.8 Å². The maximum absolute atomic E-state index is 12.0. The number of aromatic nitrogens is 3. The van der Waals surface area contributed by atoms with Crippen molar-refractivity contribution in [1.29, 1.82) is 0 Å². The van der Waals surface area contributed by atoms with E-state index in [4.69, 9.17) is 9.47 Å². The zero-order valence-corrected chi connectivity index (χ0v) is 12.3. The smallest absolute Gasteiger partial charge is 0.376 e. The molecule has 0 aliphatic carbocycles. The van der Waals surface area contributed by atoms with E-state index in [2.05, 4.69) is 9.97 Å². The fourth-order valence-electron chi connectivity index (χ4n) is 1.96. The number of esters is 2. The minimum absolute atomic E-state index is 0.0807. The van der Waals surface area contributed by atoms with E-state index < -0.39 is 11.9 Å². The Balaban J connectivity index is 2.61. The molecular formula is C14H17N3O4. The van der Waals surface area contributed by atoms with E-state index in [1.54, 1.807) is 26.1 Å². The van der Waals surface area contributed by atoms with Gasteiger partial charge in [-0.05, 0) is 26.8 Å². The molecule has 0 saturated heterocycles. The van der Waals surface area contributed by atoms with Gasteiger partial charge >= 0.3 is 11.9 Å². The van der Waals surface area contributed by atoms with Crippen molar-refractivity contribution < 1.29 is 19.1 Å². The predicted octanol–water partition coefficient (Wildman–Crippen LogP) is 1.80. The maximum atomic E-state index is 12.0. The molecule has 0 unspecified atom stereocenters. The second-order valence-electron chi connectivity index (χ2n) is 4.18. The van der Waals surface area contributed by atoms with Crippen LogP contribution in [0.2, 0.25) is 0 Å². The van der Waals surface area contributed by atoms with Gasteiger partial charge in [0, 0.05) is 12.7 Å². The van der Waals surface area contributed by atoms with Crippen molar-refractivity contribution in [2.75, 3.05) is 13.2 Å². The molecule has 0 radical (unpaired) electrons. The number of ether oxygens (including phenoxy) is 2. The lowest BCUT2D eigenvalue weighted by Crippen LogP contribution is -2.16. The molecule has 112 valence electrons. The first kappa shape index (κ1) is 15.0. The van der Waals surface area contributed by atoms with Gasteiger partial charge in [-0.3, -0.25) is 0 Å². The average Bonchev–Trinajstić information content (AvgIpc) is 2.89. The van der Waals surface area contributed by atoms with Crippen LogP contribution in [0, 0.1) is 0 Å². The summed E-state index contributed by atoms with van der Waals surface area (Å²) in [6.07, 6.45) is 1.79. The second kappa shape index (κ2) is 6.34. The standard InChI is InChI=1S/C14H17N3O4/c1-4-17-8-7-9-10(13(18)20-5-2)15-11(16-12(9)17)14(19)21-6-3/h7-8H,4-6H2,1-3H3. The van der Waals surface area contributed by atoms with E-state index in [0.717, 1.165) is 0 Å². The molecule has 2 heterocycles. The number of rotatable bonds is 5. The van der Waals surface area contributed by atoms with Crippen LogP contribution in [0.3, 0.4) is 0 Å². The first-order valence-electron chi connectivity index (χ1n) is 6.83. The Morgan fingerprint density at radius 1 is 1.10 bits per heavy atom. The van der Waals surface area contributed by atoms with Crippen molar-refractivity contribution in [3.8, 4) is 0 Å². The van der Waals surface area contributed by atoms with Crippen LogP contribution in [0.5, 0.6) is 0 Å². The SMILES string of the molecule is CCOC(=O)c1nc(C(=O)OCC)c2ccn(CC)c2n1. The fourth-order valence-corrected chi connectivity index (χ4v) is 1.96. The van der Waals surface area contributed by atoms with Crippen molar-refractivity contribution >= 4 is 23.0 Å². The molecule has 0 fully saturated rings. The molecule has 0 N–H and O–H groups in total. The molecule has 0 saturated carbocycles. The van der Waals surface area contributed by atoms with E-state index in [1.165, 1.54) is 0 Å².